The molecule has 1 saturated heterocycles. The Kier molecular flexibility index (Phi) is 3.71. The van der Waals surface area contributed by atoms with E-state index in [4.69, 9.17) is 4.74 Å². The van der Waals surface area contributed by atoms with Gasteiger partial charge in [0.1, 0.15) is 0 Å². The molecular formula is C10H14N4O3. The first-order chi connectivity index (χ1) is 8.35. The molecule has 1 atom stereocenters. The lowest BCUT2D eigenvalue weighted by atomic mass is 10.2. The molecule has 1 aromatic rings. The van der Waals surface area contributed by atoms with E-state index >= 15 is 0 Å². The van der Waals surface area contributed by atoms with Crippen LogP contribution in [0.5, 0.6) is 0 Å². The molecule has 1 unspecified atom stereocenters. The highest BCUT2D eigenvalue weighted by Crippen LogP contribution is 2.22. The number of nitrogens with zero attached hydrogens (tertiary/aromatic N) is 2. The number of imidazole rings is 1. The minimum atomic E-state index is 0.139. The van der Waals surface area contributed by atoms with E-state index in [1.54, 1.807) is 10.9 Å². The average Bonchev–Trinajstić information content (AvgIpc) is 2.94. The predicted molar refractivity (Wildman–Crippen MR) is 60.6 cm³/mol. The summed E-state index contributed by atoms with van der Waals surface area (Å²) in [5.74, 6) is 0.813. The molecule has 0 aromatic carbocycles. The van der Waals surface area contributed by atoms with Gasteiger partial charge in [0.05, 0.1) is 19.0 Å². The number of aromatic nitrogens is 2. The third-order valence-corrected chi connectivity index (χ3v) is 2.65. The molecule has 92 valence electrons. The van der Waals surface area contributed by atoms with Gasteiger partial charge in [-0.25, -0.2) is 4.98 Å². The molecule has 1 aliphatic heterocycles. The van der Waals surface area contributed by atoms with Gasteiger partial charge in [-0.1, -0.05) is 0 Å². The lowest BCUT2D eigenvalue weighted by Crippen LogP contribution is -2.16. The number of carbonyl (C=O) groups is 2. The zero-order valence-corrected chi connectivity index (χ0v) is 9.26. The number of amides is 2. The van der Waals surface area contributed by atoms with Crippen molar-refractivity contribution in [3.63, 3.8) is 0 Å². The summed E-state index contributed by atoms with van der Waals surface area (Å²) in [6.45, 7) is 1.39. The maximum absolute atomic E-state index is 10.5. The van der Waals surface area contributed by atoms with Crippen molar-refractivity contribution in [2.45, 2.75) is 25.5 Å². The normalized spacial score (nSPS) is 18.9. The van der Waals surface area contributed by atoms with Crippen LogP contribution in [0.1, 0.15) is 12.8 Å². The molecule has 1 aliphatic rings. The van der Waals surface area contributed by atoms with Crippen molar-refractivity contribution in [3.8, 4) is 0 Å². The standard InChI is InChI=1S/C10H14N4O3/c15-6-12-9-10(13-7-16)14(5-11-9)4-8-2-1-3-17-8/h5-8H,1-4H2,(H,12,15)(H,13,16). The highest BCUT2D eigenvalue weighted by molar-refractivity contribution is 5.82. The summed E-state index contributed by atoms with van der Waals surface area (Å²) >= 11 is 0. The SMILES string of the molecule is O=CNc1ncn(CC2CCCO2)c1NC=O. The third-order valence-electron chi connectivity index (χ3n) is 2.65. The average molecular weight is 238 g/mol. The van der Waals surface area contributed by atoms with Crippen LogP contribution < -0.4 is 10.6 Å². The van der Waals surface area contributed by atoms with E-state index in [1.807, 2.05) is 0 Å². The number of rotatable bonds is 6. The van der Waals surface area contributed by atoms with Gasteiger partial charge in [0.15, 0.2) is 11.6 Å². The van der Waals surface area contributed by atoms with Crippen LogP contribution in [-0.4, -0.2) is 35.1 Å². The van der Waals surface area contributed by atoms with Crippen molar-refractivity contribution in [1.29, 1.82) is 0 Å². The molecule has 2 N–H and O–H groups in total. The van der Waals surface area contributed by atoms with Crippen LogP contribution in [0.4, 0.5) is 11.6 Å². The van der Waals surface area contributed by atoms with E-state index in [1.165, 1.54) is 0 Å². The number of nitrogens with one attached hydrogen (secondary N) is 2. The fourth-order valence-electron chi connectivity index (χ4n) is 1.90. The van der Waals surface area contributed by atoms with Crippen LogP contribution >= 0.6 is 0 Å². The molecule has 17 heavy (non-hydrogen) atoms. The molecule has 2 amide bonds. The van der Waals surface area contributed by atoms with Crippen LogP contribution in [0, 0.1) is 0 Å². The Morgan fingerprint density at radius 1 is 1.47 bits per heavy atom. The smallest absolute Gasteiger partial charge is 0.212 e. The zero-order chi connectivity index (χ0) is 12.1. The highest BCUT2D eigenvalue weighted by Gasteiger charge is 2.19. The Bertz CT molecular complexity index is 398. The molecule has 1 fully saturated rings. The van der Waals surface area contributed by atoms with Crippen LogP contribution in [0.3, 0.4) is 0 Å². The first-order valence-electron chi connectivity index (χ1n) is 5.42. The molecule has 0 saturated carbocycles. The van der Waals surface area contributed by atoms with Gasteiger partial charge in [-0.05, 0) is 12.8 Å². The highest BCUT2D eigenvalue weighted by atomic mass is 16.5. The Labute approximate surface area is 98.2 Å². The van der Waals surface area contributed by atoms with Gasteiger partial charge < -0.3 is 19.9 Å². The molecule has 0 radical (unpaired) electrons. The summed E-state index contributed by atoms with van der Waals surface area (Å²) in [6, 6.07) is 0. The zero-order valence-electron chi connectivity index (χ0n) is 9.26. The van der Waals surface area contributed by atoms with Crippen molar-refractivity contribution >= 4 is 24.5 Å². The van der Waals surface area contributed by atoms with Gasteiger partial charge in [0, 0.05) is 6.61 Å². The maximum atomic E-state index is 10.5. The van der Waals surface area contributed by atoms with Crippen molar-refractivity contribution in [2.24, 2.45) is 0 Å². The molecule has 0 bridgehead atoms. The van der Waals surface area contributed by atoms with Gasteiger partial charge in [-0.15, -0.1) is 0 Å². The molecule has 0 aliphatic carbocycles. The second-order valence-electron chi connectivity index (χ2n) is 3.75. The number of anilines is 2. The first kappa shape index (κ1) is 11.6. The number of ether oxygens (including phenoxy) is 1. The molecule has 2 heterocycles. The molecule has 1 aromatic heterocycles. The second-order valence-corrected chi connectivity index (χ2v) is 3.75. The Morgan fingerprint density at radius 3 is 2.94 bits per heavy atom. The van der Waals surface area contributed by atoms with Gasteiger partial charge in [0.25, 0.3) is 0 Å². The molecule has 7 nitrogen and oxygen atoms in total. The van der Waals surface area contributed by atoms with Crippen molar-refractivity contribution in [1.82, 2.24) is 9.55 Å². The number of hydrogen-bond acceptors (Lipinski definition) is 4. The summed E-state index contributed by atoms with van der Waals surface area (Å²) < 4.78 is 7.26. The fraction of sp³-hybridized carbons (Fsp3) is 0.500. The fourth-order valence-corrected chi connectivity index (χ4v) is 1.90. The van der Waals surface area contributed by atoms with Crippen LogP contribution in [0.2, 0.25) is 0 Å². The second kappa shape index (κ2) is 5.44. The minimum Gasteiger partial charge on any atom is -0.376 e. The number of hydrogen-bond donors (Lipinski definition) is 2. The molecule has 0 spiro atoms. The van der Waals surface area contributed by atoms with Crippen molar-refractivity contribution in [2.75, 3.05) is 17.2 Å². The summed E-state index contributed by atoms with van der Waals surface area (Å²) in [5.41, 5.74) is 0. The molecule has 7 heteroatoms. The maximum Gasteiger partial charge on any atom is 0.212 e. The van der Waals surface area contributed by atoms with E-state index in [9.17, 15) is 9.59 Å². The van der Waals surface area contributed by atoms with E-state index in [0.717, 1.165) is 19.4 Å². The van der Waals surface area contributed by atoms with E-state index in [2.05, 4.69) is 15.6 Å². The van der Waals surface area contributed by atoms with E-state index in [0.29, 0.717) is 31.0 Å². The van der Waals surface area contributed by atoms with E-state index < -0.39 is 0 Å². The summed E-state index contributed by atoms with van der Waals surface area (Å²) in [4.78, 5) is 24.9. The van der Waals surface area contributed by atoms with Gasteiger partial charge >= 0.3 is 0 Å². The quantitative estimate of drug-likeness (QED) is 0.693. The predicted octanol–water partition coefficient (Wildman–Crippen LogP) is 0.199. The Morgan fingerprint density at radius 2 is 2.29 bits per heavy atom. The van der Waals surface area contributed by atoms with Crippen molar-refractivity contribution < 1.29 is 14.3 Å². The minimum absolute atomic E-state index is 0.139. The lowest BCUT2D eigenvalue weighted by Gasteiger charge is -2.12. The van der Waals surface area contributed by atoms with Crippen LogP contribution in [0.25, 0.3) is 0 Å². The van der Waals surface area contributed by atoms with Crippen molar-refractivity contribution in [3.05, 3.63) is 6.33 Å². The Hall–Kier alpha value is -1.89. The summed E-state index contributed by atoms with van der Waals surface area (Å²) in [5, 5.41) is 4.96. The molecular weight excluding hydrogens is 224 g/mol. The van der Waals surface area contributed by atoms with Gasteiger partial charge in [0.2, 0.25) is 12.8 Å². The topological polar surface area (TPSA) is 85.2 Å². The third kappa shape index (κ3) is 2.62. The van der Waals surface area contributed by atoms with E-state index in [-0.39, 0.29) is 6.10 Å². The monoisotopic (exact) mass is 238 g/mol. The number of carbonyl (C=O) groups excluding carboxylic acids is 2. The van der Waals surface area contributed by atoms with Gasteiger partial charge in [-0.2, -0.15) is 0 Å². The Balaban J connectivity index is 2.13. The lowest BCUT2D eigenvalue weighted by molar-refractivity contribution is -0.106. The van der Waals surface area contributed by atoms with Crippen LogP contribution in [0.15, 0.2) is 6.33 Å². The largest absolute Gasteiger partial charge is 0.376 e. The summed E-state index contributed by atoms with van der Waals surface area (Å²) in [6.07, 6.45) is 4.83. The van der Waals surface area contributed by atoms with Gasteiger partial charge in [-0.3, -0.25) is 9.59 Å². The van der Waals surface area contributed by atoms with Crippen LogP contribution in [-0.2, 0) is 20.9 Å². The summed E-state index contributed by atoms with van der Waals surface area (Å²) in [7, 11) is 0. The first-order valence-corrected chi connectivity index (χ1v) is 5.42. The molecule has 2 rings (SSSR count).